The Hall–Kier alpha value is -9.47. The van der Waals surface area contributed by atoms with Crippen LogP contribution < -0.4 is 9.80 Å². The van der Waals surface area contributed by atoms with E-state index in [2.05, 4.69) is 312 Å². The van der Waals surface area contributed by atoms with E-state index in [0.717, 1.165) is 73.6 Å². The topological polar surface area (TPSA) is 50.1 Å². The molecule has 11 aromatic carbocycles. The monoisotopic (exact) mass is 1270 g/mol. The van der Waals surface area contributed by atoms with Crippen molar-refractivity contribution in [3.05, 3.63) is 291 Å². The summed E-state index contributed by atoms with van der Waals surface area (Å²) in [5.74, 6) is 6.03. The Balaban J connectivity index is 0.926. The molecular weight excluding hydrogens is 1190 g/mol. The Morgan fingerprint density at radius 3 is 1.24 bits per heavy atom. The summed E-state index contributed by atoms with van der Waals surface area (Å²) in [6.07, 6.45) is 10.6. The van der Waals surface area contributed by atoms with Gasteiger partial charge in [0.05, 0.1) is 11.0 Å². The molecule has 7 fully saturated rings. The smallest absolute Gasteiger partial charge is 0.238 e. The standard InChI is InChI=1S/C87H76N6S2/c1-58-45-64-51-65-54-83(84(64)65)91(58)67-25-21-35-75(55-67)94(71-27-9-3-10-28-71,72-29-11-4-12-30-72)77-52-66(86-88-85(63-43-41-62(42-44-63)61-23-7-2-8-24-61)89-87(90-86)93-81-39-19-17-37-79(81)80-38-18-20-40-82(80)93)53-78(57-77)95(73-31-13-5-14-32-73,74-33-15-6-16-34-74)76-36-22-26-68(56-76)92-69-47-59-46-60(49-69)50-70(92)48-59/h2-44,52-53,55-60,64-65,69-70,83-84H,45-51,54H2,1H3. The van der Waals surface area contributed by atoms with Crippen LogP contribution in [-0.4, -0.2) is 43.7 Å². The molecule has 8 heteroatoms. The molecule has 7 aliphatic rings. The van der Waals surface area contributed by atoms with Crippen LogP contribution in [0.25, 0.3) is 61.7 Å². The molecule has 0 N–H and O–H groups in total. The summed E-state index contributed by atoms with van der Waals surface area (Å²) in [7, 11) is -4.80. The van der Waals surface area contributed by atoms with Crippen LogP contribution in [0.1, 0.15) is 58.3 Å². The molecule has 466 valence electrons. The molecule has 5 atom stereocenters. The number of piperidine rings is 3. The van der Waals surface area contributed by atoms with Gasteiger partial charge in [-0.1, -0.05) is 176 Å². The Morgan fingerprint density at radius 2 is 0.737 bits per heavy atom. The number of hydrogen-bond acceptors (Lipinski definition) is 5. The molecule has 2 aromatic heterocycles. The molecule has 3 saturated heterocycles. The quantitative estimate of drug-likeness (QED) is 0.109. The number of anilines is 2. The van der Waals surface area contributed by atoms with Crippen LogP contribution in [0.5, 0.6) is 0 Å². The third-order valence-electron chi connectivity index (χ3n) is 22.9. The van der Waals surface area contributed by atoms with Gasteiger partial charge in [-0.25, -0.2) is 4.98 Å². The first-order valence-electron chi connectivity index (χ1n) is 34.6. The molecule has 0 amide bonds. The third-order valence-corrected chi connectivity index (χ3v) is 30.6. The van der Waals surface area contributed by atoms with Gasteiger partial charge in [0.25, 0.3) is 0 Å². The first kappa shape index (κ1) is 57.0. The maximum atomic E-state index is 5.90. The summed E-state index contributed by atoms with van der Waals surface area (Å²) in [6, 6.07) is 113. The molecule has 3 aliphatic heterocycles. The highest BCUT2D eigenvalue weighted by molar-refractivity contribution is 8.34. The number of nitrogens with zero attached hydrogens (tertiary/aromatic N) is 6. The van der Waals surface area contributed by atoms with Gasteiger partial charge in [0, 0.05) is 96.6 Å². The van der Waals surface area contributed by atoms with Gasteiger partial charge >= 0.3 is 0 Å². The highest BCUT2D eigenvalue weighted by Crippen LogP contribution is 2.78. The number of benzene rings is 11. The normalized spacial score (nSPS) is 22.9. The van der Waals surface area contributed by atoms with E-state index < -0.39 is 20.1 Å². The lowest BCUT2D eigenvalue weighted by atomic mass is 9.47. The van der Waals surface area contributed by atoms with Crippen LogP contribution in [0.4, 0.5) is 11.4 Å². The molecule has 4 saturated carbocycles. The molecule has 6 nitrogen and oxygen atoms in total. The van der Waals surface area contributed by atoms with Crippen LogP contribution >= 0.6 is 20.1 Å². The van der Waals surface area contributed by atoms with Crippen molar-refractivity contribution in [1.82, 2.24) is 19.5 Å². The average molecular weight is 1270 g/mol. The van der Waals surface area contributed by atoms with E-state index in [-0.39, 0.29) is 0 Å². The Morgan fingerprint density at radius 1 is 0.316 bits per heavy atom. The summed E-state index contributed by atoms with van der Waals surface area (Å²) in [5.41, 5.74) is 8.94. The second-order valence-electron chi connectivity index (χ2n) is 28.0. The Labute approximate surface area is 561 Å². The van der Waals surface area contributed by atoms with Crippen molar-refractivity contribution < 1.29 is 0 Å². The first-order chi connectivity index (χ1) is 46.9. The van der Waals surface area contributed by atoms with Crippen LogP contribution in [0.3, 0.4) is 0 Å². The molecule has 4 aliphatic carbocycles. The summed E-state index contributed by atoms with van der Waals surface area (Å²) in [4.78, 5) is 33.3. The van der Waals surface area contributed by atoms with Crippen molar-refractivity contribution >= 4 is 53.2 Å². The highest BCUT2D eigenvalue weighted by atomic mass is 32.3. The minimum absolute atomic E-state index is 0.453. The zero-order valence-corrected chi connectivity index (χ0v) is 55.2. The fourth-order valence-electron chi connectivity index (χ4n) is 19.0. The molecule has 4 bridgehead atoms. The lowest BCUT2D eigenvalue weighted by Gasteiger charge is -2.67. The lowest BCUT2D eigenvalue weighted by molar-refractivity contribution is -0.0823. The lowest BCUT2D eigenvalue weighted by Crippen LogP contribution is -2.68. The van der Waals surface area contributed by atoms with E-state index in [1.807, 2.05) is 0 Å². The molecule has 95 heavy (non-hydrogen) atoms. The Kier molecular flexibility index (Phi) is 13.7. The third kappa shape index (κ3) is 9.17. The number of fused-ring (bicyclic) bond motifs is 3. The molecule has 5 heterocycles. The van der Waals surface area contributed by atoms with Crippen molar-refractivity contribution in [3.8, 4) is 39.9 Å². The van der Waals surface area contributed by atoms with E-state index >= 15 is 0 Å². The van der Waals surface area contributed by atoms with Gasteiger partial charge in [0.1, 0.15) is 0 Å². The van der Waals surface area contributed by atoms with Crippen LogP contribution in [0.15, 0.2) is 330 Å². The zero-order chi connectivity index (χ0) is 62.8. The van der Waals surface area contributed by atoms with E-state index in [1.54, 1.807) is 0 Å². The van der Waals surface area contributed by atoms with Crippen molar-refractivity contribution in [3.63, 3.8) is 0 Å². The van der Waals surface area contributed by atoms with Crippen molar-refractivity contribution in [1.29, 1.82) is 0 Å². The zero-order valence-electron chi connectivity index (χ0n) is 53.6. The van der Waals surface area contributed by atoms with Gasteiger partial charge in [-0.05, 0) is 214 Å². The van der Waals surface area contributed by atoms with Crippen LogP contribution in [0, 0.1) is 29.6 Å². The van der Waals surface area contributed by atoms with E-state index in [0.29, 0.717) is 41.8 Å². The minimum atomic E-state index is -2.40. The fraction of sp³-hybridized carbons (Fsp3) is 0.207. The predicted molar refractivity (Wildman–Crippen MR) is 391 cm³/mol. The average Bonchev–Trinajstić information content (AvgIpc) is 1.39. The SMILES string of the molecule is CC1CC2CC3CC(C23)N1c1cccc(S(c2ccccc2)(c2ccccc2)c2cc(-c3nc(-c4ccc(-c5ccccc5)cc4)nc(-n4c5ccccc5c5ccccc54)n3)cc(S(c3ccccc3)(c3ccccc3)c3cccc(N4C5CC6CC(C5)CC4C6)c3)c2)c1. The first-order valence-corrected chi connectivity index (χ1v) is 37.9. The second-order valence-corrected chi connectivity index (χ2v) is 34.2. The minimum Gasteiger partial charge on any atom is -0.365 e. The highest BCUT2D eigenvalue weighted by Gasteiger charge is 2.59. The molecule has 0 radical (unpaired) electrons. The van der Waals surface area contributed by atoms with Crippen LogP contribution in [-0.2, 0) is 0 Å². The molecule has 20 rings (SSSR count). The van der Waals surface area contributed by atoms with Gasteiger partial charge in [-0.3, -0.25) is 4.57 Å². The summed E-state index contributed by atoms with van der Waals surface area (Å²) in [5, 5.41) is 2.30. The molecule has 0 spiro atoms. The van der Waals surface area contributed by atoms with E-state index in [1.165, 1.54) is 102 Å². The van der Waals surface area contributed by atoms with Gasteiger partial charge < -0.3 is 9.80 Å². The molecular formula is C87H76N6S2. The van der Waals surface area contributed by atoms with Gasteiger partial charge in [0.2, 0.25) is 5.95 Å². The fourth-order valence-corrected chi connectivity index (χ4v) is 27.0. The number of hydrogen-bond donors (Lipinski definition) is 0. The van der Waals surface area contributed by atoms with Crippen molar-refractivity contribution in [2.45, 2.75) is 122 Å². The van der Waals surface area contributed by atoms with Gasteiger partial charge in [-0.15, -0.1) is 20.1 Å². The maximum absolute atomic E-state index is 5.90. The molecule has 5 unspecified atom stereocenters. The largest absolute Gasteiger partial charge is 0.365 e. The van der Waals surface area contributed by atoms with Gasteiger partial charge in [-0.2, -0.15) is 9.97 Å². The second kappa shape index (κ2) is 22.9. The summed E-state index contributed by atoms with van der Waals surface area (Å²) in [6.45, 7) is 2.50. The number of para-hydroxylation sites is 2. The summed E-state index contributed by atoms with van der Waals surface area (Å²) < 4.78 is 2.27. The number of aromatic nitrogens is 4. The van der Waals surface area contributed by atoms with Crippen molar-refractivity contribution in [2.75, 3.05) is 9.80 Å². The van der Waals surface area contributed by atoms with E-state index in [9.17, 15) is 0 Å². The summed E-state index contributed by atoms with van der Waals surface area (Å²) >= 11 is 0. The molecule has 13 aromatic rings. The van der Waals surface area contributed by atoms with Crippen molar-refractivity contribution in [2.24, 2.45) is 29.6 Å². The Bertz CT molecular complexity index is 4710. The van der Waals surface area contributed by atoms with Crippen LogP contribution in [0.2, 0.25) is 0 Å². The number of rotatable bonds is 14. The van der Waals surface area contributed by atoms with E-state index in [4.69, 9.17) is 15.0 Å². The van der Waals surface area contributed by atoms with Gasteiger partial charge in [0.15, 0.2) is 11.6 Å². The maximum Gasteiger partial charge on any atom is 0.238 e. The predicted octanol–water partition coefficient (Wildman–Crippen LogP) is 22.0.